The van der Waals surface area contributed by atoms with Gasteiger partial charge in [-0.2, -0.15) is 8.78 Å². The lowest BCUT2D eigenvalue weighted by Gasteiger charge is -2.36. The summed E-state index contributed by atoms with van der Waals surface area (Å²) in [7, 11) is 0. The number of pyridine rings is 2. The highest BCUT2D eigenvalue weighted by atomic mass is 19.1. The van der Waals surface area contributed by atoms with E-state index in [2.05, 4.69) is 9.97 Å². The van der Waals surface area contributed by atoms with Gasteiger partial charge in [-0.1, -0.05) is 18.2 Å². The van der Waals surface area contributed by atoms with Crippen molar-refractivity contribution in [3.8, 4) is 0 Å². The van der Waals surface area contributed by atoms with Crippen molar-refractivity contribution in [1.82, 2.24) is 15.0 Å². The Balaban J connectivity index is 0.00000259. The van der Waals surface area contributed by atoms with Crippen LogP contribution in [0.15, 0.2) is 60.9 Å². The number of anilines is 1. The highest BCUT2D eigenvalue weighted by molar-refractivity contribution is 6.08. The topological polar surface area (TPSA) is 90.1 Å². The van der Waals surface area contributed by atoms with Crippen LogP contribution in [0.2, 0.25) is 0 Å². The van der Waals surface area contributed by atoms with Crippen LogP contribution in [0.5, 0.6) is 0 Å². The summed E-state index contributed by atoms with van der Waals surface area (Å²) in [5.74, 6) is -1.32. The number of ether oxygens (including phenoxy) is 1. The number of benzene rings is 1. The number of fused-ring (bicyclic) bond motifs is 1. The first-order valence-corrected chi connectivity index (χ1v) is 10.5. The lowest BCUT2D eigenvalue weighted by molar-refractivity contribution is -0.127. The second kappa shape index (κ2) is 9.30. The van der Waals surface area contributed by atoms with Crippen LogP contribution >= 0.6 is 0 Å². The van der Waals surface area contributed by atoms with Crippen molar-refractivity contribution in [2.75, 3.05) is 31.3 Å². The summed E-state index contributed by atoms with van der Waals surface area (Å²) >= 11 is 0. The first-order valence-electron chi connectivity index (χ1n) is 10.5. The lowest BCUT2D eigenvalue weighted by atomic mass is 9.72. The molecule has 2 N–H and O–H groups in total. The fraction of sp³-hybridized carbons (Fsp3) is 0.292. The Kier molecular flexibility index (Phi) is 6.46. The molecule has 33 heavy (non-hydrogen) atoms. The maximum atomic E-state index is 14.2. The zero-order chi connectivity index (χ0) is 22.1. The van der Waals surface area contributed by atoms with E-state index in [1.54, 1.807) is 17.1 Å². The normalized spacial score (nSPS) is 17.5. The predicted molar refractivity (Wildman–Crippen MR) is 117 cm³/mol. The van der Waals surface area contributed by atoms with Gasteiger partial charge in [0.15, 0.2) is 0 Å². The molecule has 1 saturated heterocycles. The first-order chi connectivity index (χ1) is 15.6. The van der Waals surface area contributed by atoms with Gasteiger partial charge in [-0.05, 0) is 59.9 Å². The minimum absolute atomic E-state index is 0. The second-order valence-electron chi connectivity index (χ2n) is 8.11. The fourth-order valence-electron chi connectivity index (χ4n) is 4.73. The highest BCUT2D eigenvalue weighted by Crippen LogP contribution is 2.46. The molecule has 0 atom stereocenters. The Labute approximate surface area is 189 Å². The lowest BCUT2D eigenvalue weighted by Crippen LogP contribution is -2.54. The van der Waals surface area contributed by atoms with Crippen molar-refractivity contribution in [3.05, 3.63) is 89.5 Å². The van der Waals surface area contributed by atoms with Crippen molar-refractivity contribution in [1.29, 1.82) is 0 Å². The average molecular weight is 454 g/mol. The molecule has 0 spiro atoms. The zero-order valence-electron chi connectivity index (χ0n) is 17.9. The monoisotopic (exact) mass is 454 g/mol. The number of hydrazine groups is 1. The van der Waals surface area contributed by atoms with E-state index >= 15 is 0 Å². The fourth-order valence-corrected chi connectivity index (χ4v) is 4.73. The number of amides is 1. The van der Waals surface area contributed by atoms with Crippen molar-refractivity contribution >= 4 is 11.6 Å². The summed E-state index contributed by atoms with van der Waals surface area (Å²) in [4.78, 5) is 21.5. The molecule has 9 heteroatoms. The molecule has 0 saturated carbocycles. The van der Waals surface area contributed by atoms with Gasteiger partial charge in [0.25, 0.3) is 5.91 Å². The largest absolute Gasteiger partial charge is 0.412 e. The van der Waals surface area contributed by atoms with Gasteiger partial charge in [0.2, 0.25) is 11.9 Å². The summed E-state index contributed by atoms with van der Waals surface area (Å²) in [6.45, 7) is 2.24. The molecule has 0 unspecified atom stereocenters. The summed E-state index contributed by atoms with van der Waals surface area (Å²) in [5.41, 5.74) is 1.91. The molecule has 0 radical (unpaired) electrons. The van der Waals surface area contributed by atoms with Crippen LogP contribution in [-0.2, 0) is 27.8 Å². The molecule has 1 aromatic carbocycles. The van der Waals surface area contributed by atoms with Crippen LogP contribution in [0.25, 0.3) is 0 Å². The Morgan fingerprint density at radius 2 is 1.48 bits per heavy atom. The van der Waals surface area contributed by atoms with Crippen LogP contribution in [-0.4, -0.2) is 52.7 Å². The van der Waals surface area contributed by atoms with E-state index in [4.69, 9.17) is 4.74 Å². The van der Waals surface area contributed by atoms with Crippen molar-refractivity contribution in [2.45, 2.75) is 18.3 Å². The molecule has 0 aliphatic carbocycles. The number of nitrogens with zero attached hydrogens (tertiary/aromatic N) is 4. The Bertz CT molecular complexity index is 1110. The molecule has 1 amide bonds. The summed E-state index contributed by atoms with van der Waals surface area (Å²) in [6.07, 6.45) is 3.31. The minimum atomic E-state index is -1.03. The van der Waals surface area contributed by atoms with Gasteiger partial charge in [-0.25, -0.2) is 20.0 Å². The third-order valence-corrected chi connectivity index (χ3v) is 6.11. The number of aromatic nitrogens is 2. The van der Waals surface area contributed by atoms with E-state index in [0.717, 1.165) is 11.3 Å². The van der Waals surface area contributed by atoms with Gasteiger partial charge in [-0.15, -0.1) is 0 Å². The number of carbonyl (C=O) groups is 1. The average Bonchev–Trinajstić information content (AvgIpc) is 3.02. The molecule has 7 nitrogen and oxygen atoms in total. The Hall–Kier alpha value is -3.27. The van der Waals surface area contributed by atoms with Crippen molar-refractivity contribution in [3.63, 3.8) is 0 Å². The van der Waals surface area contributed by atoms with E-state index in [1.807, 2.05) is 29.3 Å². The minimum Gasteiger partial charge on any atom is -0.412 e. The van der Waals surface area contributed by atoms with Crippen LogP contribution in [0, 0.1) is 11.9 Å². The molecular formula is C24H24F2N4O3. The second-order valence-corrected chi connectivity index (χ2v) is 8.11. The molecule has 2 aromatic heterocycles. The van der Waals surface area contributed by atoms with Crippen LogP contribution in [0.4, 0.5) is 14.5 Å². The van der Waals surface area contributed by atoms with Gasteiger partial charge in [0, 0.05) is 25.5 Å². The standard InChI is InChI=1S/C24H22F2N4O2.H2O/c25-21-13-17(5-7-27-21)15-24(16-18-6-8-28-22(26)14-18)19-3-1-2-4-20(19)30(23(24)31)29-9-11-32-12-10-29;/h1-8,13-14H,9-12,15-16H2;1H2. The van der Waals surface area contributed by atoms with Gasteiger partial charge in [-0.3, -0.25) is 4.79 Å². The number of morpholine rings is 1. The van der Waals surface area contributed by atoms with Gasteiger partial charge in [0.05, 0.1) is 24.3 Å². The molecule has 2 aliphatic heterocycles. The molecule has 5 rings (SSSR count). The Morgan fingerprint density at radius 3 is 2.06 bits per heavy atom. The zero-order valence-corrected chi connectivity index (χ0v) is 17.9. The number of carbonyl (C=O) groups excluding carboxylic acids is 1. The maximum Gasteiger partial charge on any atom is 0.252 e. The number of para-hydroxylation sites is 1. The quantitative estimate of drug-likeness (QED) is 0.552. The molecule has 3 aromatic rings. The third-order valence-electron chi connectivity index (χ3n) is 6.11. The number of hydrogen-bond donors (Lipinski definition) is 0. The van der Waals surface area contributed by atoms with Gasteiger partial charge >= 0.3 is 0 Å². The van der Waals surface area contributed by atoms with E-state index in [-0.39, 0.29) is 24.2 Å². The summed E-state index contributed by atoms with van der Waals surface area (Å²) in [6, 6.07) is 13.8. The van der Waals surface area contributed by atoms with Crippen LogP contribution in [0.1, 0.15) is 16.7 Å². The molecule has 1 fully saturated rings. The van der Waals surface area contributed by atoms with E-state index in [0.29, 0.717) is 37.4 Å². The summed E-state index contributed by atoms with van der Waals surface area (Å²) in [5, 5.41) is 3.72. The Morgan fingerprint density at radius 1 is 0.909 bits per heavy atom. The number of halogens is 2. The SMILES string of the molecule is O.O=C1N(N2CCOCC2)c2ccccc2C1(Cc1ccnc(F)c1)Cc1ccnc(F)c1. The van der Waals surface area contributed by atoms with E-state index in [9.17, 15) is 13.6 Å². The maximum absolute atomic E-state index is 14.2. The molecule has 2 aliphatic rings. The van der Waals surface area contributed by atoms with E-state index in [1.165, 1.54) is 24.5 Å². The summed E-state index contributed by atoms with van der Waals surface area (Å²) < 4.78 is 33.3. The predicted octanol–water partition coefficient (Wildman–Crippen LogP) is 2.25. The van der Waals surface area contributed by atoms with Crippen LogP contribution < -0.4 is 5.01 Å². The third kappa shape index (κ3) is 4.22. The molecular weight excluding hydrogens is 430 g/mol. The van der Waals surface area contributed by atoms with E-state index < -0.39 is 17.3 Å². The molecule has 0 bridgehead atoms. The first kappa shape index (κ1) is 22.9. The number of rotatable bonds is 5. The van der Waals surface area contributed by atoms with Crippen LogP contribution in [0.3, 0.4) is 0 Å². The smallest absolute Gasteiger partial charge is 0.252 e. The molecule has 4 heterocycles. The molecule has 172 valence electrons. The van der Waals surface area contributed by atoms with Gasteiger partial charge < -0.3 is 10.2 Å². The highest BCUT2D eigenvalue weighted by Gasteiger charge is 2.52. The number of hydrogen-bond acceptors (Lipinski definition) is 5. The van der Waals surface area contributed by atoms with Crippen molar-refractivity contribution < 1.29 is 23.8 Å². The van der Waals surface area contributed by atoms with Gasteiger partial charge in [0.1, 0.15) is 0 Å². The van der Waals surface area contributed by atoms with Crippen molar-refractivity contribution in [2.24, 2.45) is 0 Å².